The van der Waals surface area contributed by atoms with Crippen LogP contribution in [0.4, 0.5) is 4.79 Å². The van der Waals surface area contributed by atoms with Gasteiger partial charge in [0.25, 0.3) is 0 Å². The third kappa shape index (κ3) is 6.97. The molecule has 0 bridgehead atoms. The highest BCUT2D eigenvalue weighted by atomic mass is 16.6. The second-order valence-electron chi connectivity index (χ2n) is 9.47. The predicted molar refractivity (Wildman–Crippen MR) is 131 cm³/mol. The minimum Gasteiger partial charge on any atom is -0.492 e. The van der Waals surface area contributed by atoms with Crippen LogP contribution in [0.3, 0.4) is 0 Å². The molecule has 184 valence electrons. The van der Waals surface area contributed by atoms with Gasteiger partial charge in [0.1, 0.15) is 24.0 Å². The fourth-order valence-electron chi connectivity index (χ4n) is 3.95. The van der Waals surface area contributed by atoms with Gasteiger partial charge < -0.3 is 19.1 Å². The van der Waals surface area contributed by atoms with E-state index in [0.717, 1.165) is 29.7 Å². The van der Waals surface area contributed by atoms with Crippen LogP contribution < -0.4 is 4.74 Å². The van der Waals surface area contributed by atoms with Crippen LogP contribution in [-0.2, 0) is 27.2 Å². The third-order valence-corrected chi connectivity index (χ3v) is 5.58. The zero-order chi connectivity index (χ0) is 24.7. The van der Waals surface area contributed by atoms with Crippen molar-refractivity contribution in [3.63, 3.8) is 0 Å². The summed E-state index contributed by atoms with van der Waals surface area (Å²) in [6.45, 7) is 9.79. The summed E-state index contributed by atoms with van der Waals surface area (Å²) >= 11 is 0. The highest BCUT2D eigenvalue weighted by Gasteiger charge is 2.34. The van der Waals surface area contributed by atoms with Crippen molar-refractivity contribution in [2.24, 2.45) is 0 Å². The van der Waals surface area contributed by atoms with E-state index >= 15 is 0 Å². The van der Waals surface area contributed by atoms with E-state index in [1.54, 1.807) is 7.05 Å². The van der Waals surface area contributed by atoms with E-state index in [0.29, 0.717) is 32.1 Å². The highest BCUT2D eigenvalue weighted by Crippen LogP contribution is 2.34. The van der Waals surface area contributed by atoms with Gasteiger partial charge in [-0.1, -0.05) is 36.4 Å². The summed E-state index contributed by atoms with van der Waals surface area (Å²) in [5, 5.41) is 0. The largest absolute Gasteiger partial charge is 0.492 e. The molecule has 7 heteroatoms. The minimum atomic E-state index is -0.543. The fourth-order valence-corrected chi connectivity index (χ4v) is 3.95. The van der Waals surface area contributed by atoms with Gasteiger partial charge in [0.2, 0.25) is 0 Å². The smallest absolute Gasteiger partial charge is 0.410 e. The molecule has 1 unspecified atom stereocenters. The molecule has 3 rings (SSSR count). The van der Waals surface area contributed by atoms with Gasteiger partial charge in [0, 0.05) is 20.1 Å². The Kier molecular flexibility index (Phi) is 8.56. The van der Waals surface area contributed by atoms with Crippen LogP contribution in [0.2, 0.25) is 0 Å². The van der Waals surface area contributed by atoms with Crippen LogP contribution in [0, 0.1) is 0 Å². The maximum absolute atomic E-state index is 13.0. The number of esters is 1. The van der Waals surface area contributed by atoms with Gasteiger partial charge in [-0.15, -0.1) is 0 Å². The summed E-state index contributed by atoms with van der Waals surface area (Å²) in [6, 6.07) is 15.5. The van der Waals surface area contributed by atoms with Crippen molar-refractivity contribution < 1.29 is 23.8 Å². The van der Waals surface area contributed by atoms with Crippen molar-refractivity contribution in [2.75, 3.05) is 33.4 Å². The first-order chi connectivity index (χ1) is 16.2. The first-order valence-corrected chi connectivity index (χ1v) is 11.8. The molecular weight excluding hydrogens is 432 g/mol. The number of carbonyl (C=O) groups excluding carboxylic acids is 2. The Labute approximate surface area is 202 Å². The van der Waals surface area contributed by atoms with Crippen LogP contribution in [-0.4, -0.2) is 60.8 Å². The molecular formula is C27H36N2O5. The Balaban J connectivity index is 1.72. The van der Waals surface area contributed by atoms with Gasteiger partial charge in [-0.05, 0) is 62.9 Å². The molecule has 1 heterocycles. The Hall–Kier alpha value is -3.06. The molecule has 34 heavy (non-hydrogen) atoms. The van der Waals surface area contributed by atoms with Crippen molar-refractivity contribution in [1.82, 2.24) is 9.80 Å². The monoisotopic (exact) mass is 468 g/mol. The molecule has 1 aliphatic rings. The van der Waals surface area contributed by atoms with E-state index in [1.807, 2.05) is 64.1 Å². The number of likely N-dealkylation sites (N-methyl/N-ethyl adjacent to an activating group) is 1. The lowest BCUT2D eigenvalue weighted by atomic mass is 9.91. The van der Waals surface area contributed by atoms with E-state index < -0.39 is 11.6 Å². The van der Waals surface area contributed by atoms with E-state index in [1.165, 1.54) is 4.90 Å². The molecule has 2 aromatic rings. The Morgan fingerprint density at radius 1 is 1.12 bits per heavy atom. The van der Waals surface area contributed by atoms with Crippen molar-refractivity contribution in [3.05, 3.63) is 65.2 Å². The maximum Gasteiger partial charge on any atom is 0.410 e. The zero-order valence-corrected chi connectivity index (χ0v) is 20.9. The number of amides is 1. The lowest BCUT2D eigenvalue weighted by Gasteiger charge is -2.36. The lowest BCUT2D eigenvalue weighted by molar-refractivity contribution is -0.150. The Morgan fingerprint density at radius 3 is 2.53 bits per heavy atom. The molecule has 0 spiro atoms. The number of hydrogen-bond acceptors (Lipinski definition) is 6. The number of fused-ring (bicyclic) bond motifs is 1. The van der Waals surface area contributed by atoms with E-state index in [4.69, 9.17) is 14.2 Å². The van der Waals surface area contributed by atoms with Crippen molar-refractivity contribution in [2.45, 2.75) is 52.3 Å². The van der Waals surface area contributed by atoms with Crippen LogP contribution in [0.1, 0.15) is 50.4 Å². The molecule has 1 atom stereocenters. The summed E-state index contributed by atoms with van der Waals surface area (Å²) in [7, 11) is 1.68. The molecule has 1 aliphatic heterocycles. The van der Waals surface area contributed by atoms with Gasteiger partial charge in [0.15, 0.2) is 0 Å². The van der Waals surface area contributed by atoms with Gasteiger partial charge in [-0.25, -0.2) is 9.59 Å². The first-order valence-electron chi connectivity index (χ1n) is 11.8. The second kappa shape index (κ2) is 11.4. The maximum atomic E-state index is 13.0. The number of rotatable bonds is 8. The number of benzene rings is 2. The minimum absolute atomic E-state index is 0.249. The molecule has 0 N–H and O–H groups in total. The number of carbonyl (C=O) groups is 2. The van der Waals surface area contributed by atoms with Crippen LogP contribution in [0.5, 0.6) is 5.75 Å². The molecule has 0 aromatic heterocycles. The number of nitrogens with zero attached hydrogens (tertiary/aromatic N) is 2. The highest BCUT2D eigenvalue weighted by molar-refractivity contribution is 5.79. The van der Waals surface area contributed by atoms with Crippen molar-refractivity contribution >= 4 is 12.1 Å². The SMILES string of the molecule is CCOC(=O)C1c2cc(OCCN(C)C(=O)OC(C)(C)C)ccc2CCN1Cc1ccccc1. The fraction of sp³-hybridized carbons (Fsp3) is 0.481. The average molecular weight is 469 g/mol. The third-order valence-electron chi connectivity index (χ3n) is 5.58. The van der Waals surface area contributed by atoms with Gasteiger partial charge in [-0.2, -0.15) is 0 Å². The normalized spacial score (nSPS) is 15.9. The Morgan fingerprint density at radius 2 is 1.85 bits per heavy atom. The quantitative estimate of drug-likeness (QED) is 0.528. The van der Waals surface area contributed by atoms with Crippen LogP contribution in [0.15, 0.2) is 48.5 Å². The lowest BCUT2D eigenvalue weighted by Crippen LogP contribution is -2.40. The summed E-state index contributed by atoms with van der Waals surface area (Å²) in [5.74, 6) is 0.411. The first kappa shape index (κ1) is 25.6. The van der Waals surface area contributed by atoms with Crippen LogP contribution >= 0.6 is 0 Å². The van der Waals surface area contributed by atoms with Crippen LogP contribution in [0.25, 0.3) is 0 Å². The summed E-state index contributed by atoms with van der Waals surface area (Å²) in [5.41, 5.74) is 2.65. The van der Waals surface area contributed by atoms with Gasteiger partial charge in [-0.3, -0.25) is 4.90 Å². The summed E-state index contributed by atoms with van der Waals surface area (Å²) in [6.07, 6.45) is 0.459. The predicted octanol–water partition coefficient (Wildman–Crippen LogP) is 4.59. The average Bonchev–Trinajstić information content (AvgIpc) is 2.78. The number of hydrogen-bond donors (Lipinski definition) is 0. The molecule has 0 radical (unpaired) electrons. The van der Waals surface area contributed by atoms with E-state index in [9.17, 15) is 9.59 Å². The van der Waals surface area contributed by atoms with Crippen molar-refractivity contribution in [1.29, 1.82) is 0 Å². The van der Waals surface area contributed by atoms with Gasteiger partial charge in [0.05, 0.1) is 13.2 Å². The second-order valence-corrected chi connectivity index (χ2v) is 9.47. The summed E-state index contributed by atoms with van der Waals surface area (Å²) in [4.78, 5) is 28.8. The topological polar surface area (TPSA) is 68.3 Å². The van der Waals surface area contributed by atoms with Crippen molar-refractivity contribution in [3.8, 4) is 5.75 Å². The Bertz CT molecular complexity index is 971. The standard InChI is InChI=1S/C27H36N2O5/c1-6-32-25(30)24-23-18-22(33-17-16-28(5)26(31)34-27(2,3)4)13-12-21(23)14-15-29(24)19-20-10-8-7-9-11-20/h7-13,18,24H,6,14-17,19H2,1-5H3. The molecule has 0 saturated heterocycles. The zero-order valence-electron chi connectivity index (χ0n) is 20.9. The molecule has 0 aliphatic carbocycles. The number of ether oxygens (including phenoxy) is 3. The molecule has 0 fully saturated rings. The molecule has 7 nitrogen and oxygen atoms in total. The molecule has 0 saturated carbocycles. The van der Waals surface area contributed by atoms with E-state index in [-0.39, 0.29) is 12.1 Å². The van der Waals surface area contributed by atoms with E-state index in [2.05, 4.69) is 17.0 Å². The van der Waals surface area contributed by atoms with Gasteiger partial charge >= 0.3 is 12.1 Å². The summed E-state index contributed by atoms with van der Waals surface area (Å²) < 4.78 is 16.8. The molecule has 2 aromatic carbocycles. The molecule has 1 amide bonds.